The van der Waals surface area contributed by atoms with Gasteiger partial charge >= 0.3 is 0 Å². The predicted octanol–water partition coefficient (Wildman–Crippen LogP) is 3.19. The van der Waals surface area contributed by atoms with Crippen molar-refractivity contribution in [3.63, 3.8) is 0 Å². The molecule has 15 heavy (non-hydrogen) atoms. The van der Waals surface area contributed by atoms with E-state index in [4.69, 9.17) is 11.6 Å². The zero-order chi connectivity index (χ0) is 10.8. The van der Waals surface area contributed by atoms with Crippen molar-refractivity contribution in [3.8, 4) is 0 Å². The van der Waals surface area contributed by atoms with Gasteiger partial charge in [-0.3, -0.25) is 0 Å². The minimum Gasteiger partial charge on any atom is -0.317 e. The molecule has 0 bridgehead atoms. The van der Waals surface area contributed by atoms with E-state index in [9.17, 15) is 4.39 Å². The van der Waals surface area contributed by atoms with Gasteiger partial charge < -0.3 is 5.32 Å². The van der Waals surface area contributed by atoms with Gasteiger partial charge in [-0.1, -0.05) is 30.7 Å². The highest BCUT2D eigenvalue weighted by atomic mass is 35.5. The Morgan fingerprint density at radius 1 is 1.53 bits per heavy atom. The van der Waals surface area contributed by atoms with Crippen molar-refractivity contribution in [1.82, 2.24) is 5.32 Å². The third-order valence-electron chi connectivity index (χ3n) is 2.96. The van der Waals surface area contributed by atoms with Crippen LogP contribution in [0.1, 0.15) is 24.8 Å². The Hall–Kier alpha value is -0.600. The standard InChI is InChI=1S/C12H15ClFN/c1-2-15-7-8-6-10(8)9-4-3-5-11(13)12(9)14/h3-5,8,10,15H,2,6-7H2,1H3. The lowest BCUT2D eigenvalue weighted by atomic mass is 10.1. The highest BCUT2D eigenvalue weighted by Gasteiger charge is 2.39. The van der Waals surface area contributed by atoms with Crippen LogP contribution in [0.3, 0.4) is 0 Å². The van der Waals surface area contributed by atoms with Gasteiger partial charge in [0.25, 0.3) is 0 Å². The second-order valence-electron chi connectivity index (χ2n) is 4.05. The summed E-state index contributed by atoms with van der Waals surface area (Å²) >= 11 is 5.75. The van der Waals surface area contributed by atoms with Crippen molar-refractivity contribution in [3.05, 3.63) is 34.6 Å². The third-order valence-corrected chi connectivity index (χ3v) is 3.25. The van der Waals surface area contributed by atoms with Crippen molar-refractivity contribution >= 4 is 11.6 Å². The van der Waals surface area contributed by atoms with Gasteiger partial charge in [0.05, 0.1) is 5.02 Å². The van der Waals surface area contributed by atoms with Crippen molar-refractivity contribution in [2.75, 3.05) is 13.1 Å². The first kappa shape index (κ1) is 10.9. The summed E-state index contributed by atoms with van der Waals surface area (Å²) in [5.41, 5.74) is 0.783. The maximum atomic E-state index is 13.6. The third kappa shape index (κ3) is 2.32. The number of rotatable bonds is 4. The van der Waals surface area contributed by atoms with Crippen LogP contribution < -0.4 is 5.32 Å². The molecule has 1 saturated carbocycles. The molecule has 3 heteroatoms. The molecule has 1 aliphatic carbocycles. The Labute approximate surface area is 94.6 Å². The van der Waals surface area contributed by atoms with Gasteiger partial charge in [0.15, 0.2) is 0 Å². The summed E-state index contributed by atoms with van der Waals surface area (Å²) in [6, 6.07) is 5.27. The lowest BCUT2D eigenvalue weighted by molar-refractivity contribution is 0.598. The minimum absolute atomic E-state index is 0.233. The van der Waals surface area contributed by atoms with E-state index in [-0.39, 0.29) is 10.8 Å². The van der Waals surface area contributed by atoms with Crippen LogP contribution in [0.25, 0.3) is 0 Å². The summed E-state index contributed by atoms with van der Waals surface area (Å²) in [5, 5.41) is 3.53. The van der Waals surface area contributed by atoms with Crippen molar-refractivity contribution in [2.45, 2.75) is 19.3 Å². The molecule has 0 aliphatic heterocycles. The largest absolute Gasteiger partial charge is 0.317 e. The molecule has 1 aromatic rings. The summed E-state index contributed by atoms with van der Waals surface area (Å²) in [7, 11) is 0. The number of halogens is 2. The second-order valence-corrected chi connectivity index (χ2v) is 4.46. The van der Waals surface area contributed by atoms with E-state index in [1.54, 1.807) is 6.07 Å². The van der Waals surface area contributed by atoms with Crippen molar-refractivity contribution in [1.29, 1.82) is 0 Å². The van der Waals surface area contributed by atoms with Gasteiger partial charge in [0.2, 0.25) is 0 Å². The van der Waals surface area contributed by atoms with Gasteiger partial charge in [-0.25, -0.2) is 4.39 Å². The lowest BCUT2D eigenvalue weighted by Gasteiger charge is -2.04. The van der Waals surface area contributed by atoms with E-state index in [1.165, 1.54) is 0 Å². The average Bonchev–Trinajstić information content (AvgIpc) is 2.98. The molecular weight excluding hydrogens is 213 g/mol. The second kappa shape index (κ2) is 4.50. The molecule has 0 saturated heterocycles. The van der Waals surface area contributed by atoms with Gasteiger partial charge in [-0.15, -0.1) is 0 Å². The summed E-state index contributed by atoms with van der Waals surface area (Å²) in [5.74, 6) is 0.712. The molecule has 1 aromatic carbocycles. The molecule has 0 heterocycles. The van der Waals surface area contributed by atoms with Gasteiger partial charge in [-0.2, -0.15) is 0 Å². The average molecular weight is 228 g/mol. The van der Waals surface area contributed by atoms with Gasteiger partial charge in [-0.05, 0) is 43.0 Å². The van der Waals surface area contributed by atoms with Crippen LogP contribution >= 0.6 is 11.6 Å². The first-order valence-corrected chi connectivity index (χ1v) is 5.76. The zero-order valence-electron chi connectivity index (χ0n) is 8.76. The van der Waals surface area contributed by atoms with E-state index in [0.29, 0.717) is 11.8 Å². The number of benzene rings is 1. The monoisotopic (exact) mass is 227 g/mol. The normalized spacial score (nSPS) is 24.2. The van der Waals surface area contributed by atoms with Crippen LogP contribution in [0.5, 0.6) is 0 Å². The van der Waals surface area contributed by atoms with Crippen LogP contribution in [-0.2, 0) is 0 Å². The van der Waals surface area contributed by atoms with Gasteiger partial charge in [0, 0.05) is 0 Å². The van der Waals surface area contributed by atoms with Crippen LogP contribution in [0, 0.1) is 11.7 Å². The molecule has 1 nitrogen and oxygen atoms in total. The Kier molecular flexibility index (Phi) is 3.27. The van der Waals surface area contributed by atoms with Crippen LogP contribution in [0.15, 0.2) is 18.2 Å². The highest BCUT2D eigenvalue weighted by molar-refractivity contribution is 6.30. The Bertz CT molecular complexity index is 353. The quantitative estimate of drug-likeness (QED) is 0.833. The van der Waals surface area contributed by atoms with Crippen molar-refractivity contribution < 1.29 is 4.39 Å². The topological polar surface area (TPSA) is 12.0 Å². The molecule has 0 radical (unpaired) electrons. The predicted molar refractivity (Wildman–Crippen MR) is 60.8 cm³/mol. The molecule has 0 aromatic heterocycles. The van der Waals surface area contributed by atoms with Crippen LogP contribution in [-0.4, -0.2) is 13.1 Å². The van der Waals surface area contributed by atoms with E-state index in [0.717, 1.165) is 25.1 Å². The maximum absolute atomic E-state index is 13.6. The fourth-order valence-corrected chi connectivity index (χ4v) is 2.17. The molecule has 82 valence electrons. The molecule has 0 spiro atoms. The van der Waals surface area contributed by atoms with E-state index in [2.05, 4.69) is 12.2 Å². The minimum atomic E-state index is -0.233. The van der Waals surface area contributed by atoms with E-state index < -0.39 is 0 Å². The number of hydrogen-bond donors (Lipinski definition) is 1. The Morgan fingerprint density at radius 3 is 3.07 bits per heavy atom. The van der Waals surface area contributed by atoms with Crippen molar-refractivity contribution in [2.24, 2.45) is 5.92 Å². The molecule has 2 unspecified atom stereocenters. The number of nitrogens with one attached hydrogen (secondary N) is 1. The smallest absolute Gasteiger partial charge is 0.145 e. The molecule has 2 rings (SSSR count). The number of hydrogen-bond acceptors (Lipinski definition) is 1. The van der Waals surface area contributed by atoms with Gasteiger partial charge in [0.1, 0.15) is 5.82 Å². The highest BCUT2D eigenvalue weighted by Crippen LogP contribution is 2.48. The fraction of sp³-hybridized carbons (Fsp3) is 0.500. The van der Waals surface area contributed by atoms with E-state index in [1.807, 2.05) is 12.1 Å². The fourth-order valence-electron chi connectivity index (χ4n) is 1.99. The molecule has 2 atom stereocenters. The first-order chi connectivity index (χ1) is 7.24. The molecule has 1 aliphatic rings. The SMILES string of the molecule is CCNCC1CC1c1cccc(Cl)c1F. The molecular formula is C12H15ClFN. The first-order valence-electron chi connectivity index (χ1n) is 5.38. The Balaban J connectivity index is 2.03. The summed E-state index contributed by atoms with van der Waals surface area (Å²) in [6.07, 6.45) is 1.07. The Morgan fingerprint density at radius 2 is 2.33 bits per heavy atom. The van der Waals surface area contributed by atoms with Crippen LogP contribution in [0.4, 0.5) is 4.39 Å². The van der Waals surface area contributed by atoms with E-state index >= 15 is 0 Å². The molecule has 0 amide bonds. The summed E-state index contributed by atoms with van der Waals surface area (Å²) in [4.78, 5) is 0. The van der Waals surface area contributed by atoms with Crippen LogP contribution in [0.2, 0.25) is 5.02 Å². The maximum Gasteiger partial charge on any atom is 0.145 e. The summed E-state index contributed by atoms with van der Waals surface area (Å²) < 4.78 is 13.6. The molecule has 1 N–H and O–H groups in total. The zero-order valence-corrected chi connectivity index (χ0v) is 9.52. The summed E-state index contributed by atoms with van der Waals surface area (Å²) in [6.45, 7) is 4.03. The lowest BCUT2D eigenvalue weighted by Crippen LogP contribution is -2.16. The molecule has 1 fully saturated rings.